The first kappa shape index (κ1) is 10.8. The molecule has 0 spiro atoms. The molecule has 0 bridgehead atoms. The third kappa shape index (κ3) is 1.70. The number of halogens is 2. The van der Waals surface area contributed by atoms with Gasteiger partial charge in [0.2, 0.25) is 0 Å². The van der Waals surface area contributed by atoms with E-state index in [-0.39, 0.29) is 5.82 Å². The molecule has 16 heavy (non-hydrogen) atoms. The Morgan fingerprint density at radius 3 is 2.94 bits per heavy atom. The van der Waals surface area contributed by atoms with Gasteiger partial charge in [-0.15, -0.1) is 6.42 Å². The molecule has 0 aliphatic carbocycles. The lowest BCUT2D eigenvalue weighted by Gasteiger charge is -1.90. The van der Waals surface area contributed by atoms with E-state index in [1.807, 2.05) is 0 Å². The molecule has 80 valence electrons. The summed E-state index contributed by atoms with van der Waals surface area (Å²) in [5.74, 6) is 2.45. The summed E-state index contributed by atoms with van der Waals surface area (Å²) in [7, 11) is 0. The van der Waals surface area contributed by atoms with Crippen LogP contribution in [-0.4, -0.2) is 0 Å². The highest BCUT2D eigenvalue weighted by molar-refractivity contribution is 6.31. The Hall–Kier alpha value is -1.72. The van der Waals surface area contributed by atoms with Crippen LogP contribution in [0.15, 0.2) is 27.6 Å². The summed E-state index contributed by atoms with van der Waals surface area (Å²) in [6.07, 6.45) is 6.94. The second-order valence-electron chi connectivity index (χ2n) is 3.33. The second-order valence-corrected chi connectivity index (χ2v) is 3.93. The summed E-state index contributed by atoms with van der Waals surface area (Å²) in [6, 6.07) is 4.59. The van der Waals surface area contributed by atoms with Gasteiger partial charge in [0.1, 0.15) is 17.2 Å². The lowest BCUT2D eigenvalue weighted by Crippen LogP contribution is -1.79. The molecule has 2 rings (SSSR count). The standard InChI is InChI=1S/C13H8ClFO/c1-3-9-12(7-8(2)14)16-11-6-4-5-10(15)13(9)11/h1,4-7H,2H3/b8-7+. The Morgan fingerprint density at radius 2 is 2.31 bits per heavy atom. The van der Waals surface area contributed by atoms with E-state index in [9.17, 15) is 4.39 Å². The molecular weight excluding hydrogens is 227 g/mol. The van der Waals surface area contributed by atoms with Crippen molar-refractivity contribution in [3.8, 4) is 12.3 Å². The van der Waals surface area contributed by atoms with Crippen molar-refractivity contribution in [3.63, 3.8) is 0 Å². The Kier molecular flexibility index (Phi) is 2.72. The maximum atomic E-state index is 13.6. The van der Waals surface area contributed by atoms with Gasteiger partial charge in [-0.25, -0.2) is 4.39 Å². The molecule has 0 radical (unpaired) electrons. The summed E-state index contributed by atoms with van der Waals surface area (Å²) in [5.41, 5.74) is 0.824. The Labute approximate surface area is 97.5 Å². The Balaban J connectivity index is 2.84. The average Bonchev–Trinajstić information content (AvgIpc) is 2.55. The van der Waals surface area contributed by atoms with Crippen LogP contribution < -0.4 is 0 Å². The molecule has 0 fully saturated rings. The van der Waals surface area contributed by atoms with Gasteiger partial charge in [-0.05, 0) is 25.1 Å². The molecule has 1 aromatic heterocycles. The van der Waals surface area contributed by atoms with Crippen LogP contribution in [0.2, 0.25) is 0 Å². The Morgan fingerprint density at radius 1 is 1.56 bits per heavy atom. The summed E-state index contributed by atoms with van der Waals surface area (Å²) in [4.78, 5) is 0. The van der Waals surface area contributed by atoms with Crippen LogP contribution >= 0.6 is 11.6 Å². The van der Waals surface area contributed by atoms with E-state index in [2.05, 4.69) is 5.92 Å². The number of allylic oxidation sites excluding steroid dienone is 1. The van der Waals surface area contributed by atoms with Gasteiger partial charge in [0.25, 0.3) is 0 Å². The number of terminal acetylenes is 1. The molecule has 0 N–H and O–H groups in total. The minimum Gasteiger partial charge on any atom is -0.455 e. The molecule has 1 heterocycles. The number of fused-ring (bicyclic) bond motifs is 1. The SMILES string of the molecule is C#Cc1c(/C=C(\C)Cl)oc2cccc(F)c12. The minimum atomic E-state index is -0.388. The number of furan rings is 1. The van der Waals surface area contributed by atoms with Crippen LogP contribution in [0.25, 0.3) is 17.0 Å². The van der Waals surface area contributed by atoms with Crippen LogP contribution in [0.1, 0.15) is 18.2 Å². The monoisotopic (exact) mass is 234 g/mol. The van der Waals surface area contributed by atoms with Crippen molar-refractivity contribution in [2.75, 3.05) is 0 Å². The molecule has 0 aliphatic heterocycles. The van der Waals surface area contributed by atoms with Gasteiger partial charge in [-0.2, -0.15) is 0 Å². The molecular formula is C13H8ClFO. The number of hydrogen-bond donors (Lipinski definition) is 0. The fraction of sp³-hybridized carbons (Fsp3) is 0.0769. The van der Waals surface area contributed by atoms with E-state index < -0.39 is 0 Å². The van der Waals surface area contributed by atoms with Crippen LogP contribution in [0.5, 0.6) is 0 Å². The fourth-order valence-electron chi connectivity index (χ4n) is 1.55. The van der Waals surface area contributed by atoms with Gasteiger partial charge in [-0.3, -0.25) is 0 Å². The van der Waals surface area contributed by atoms with E-state index in [1.54, 1.807) is 25.1 Å². The van der Waals surface area contributed by atoms with Gasteiger partial charge in [0.05, 0.1) is 10.9 Å². The maximum absolute atomic E-state index is 13.6. The average molecular weight is 235 g/mol. The van der Waals surface area contributed by atoms with Gasteiger partial charge < -0.3 is 4.42 Å². The molecule has 0 atom stereocenters. The molecule has 2 aromatic rings. The first-order chi connectivity index (χ1) is 7.63. The molecule has 0 amide bonds. The fourth-order valence-corrected chi connectivity index (χ4v) is 1.65. The zero-order valence-corrected chi connectivity index (χ0v) is 9.31. The first-order valence-corrected chi connectivity index (χ1v) is 5.02. The van der Waals surface area contributed by atoms with Crippen molar-refractivity contribution in [1.82, 2.24) is 0 Å². The minimum absolute atomic E-state index is 0.328. The summed E-state index contributed by atoms with van der Waals surface area (Å²) in [5, 5.41) is 0.852. The van der Waals surface area contributed by atoms with Crippen LogP contribution in [-0.2, 0) is 0 Å². The van der Waals surface area contributed by atoms with Gasteiger partial charge in [-0.1, -0.05) is 23.6 Å². The smallest absolute Gasteiger partial charge is 0.145 e. The molecule has 3 heteroatoms. The lowest BCUT2D eigenvalue weighted by atomic mass is 10.1. The van der Waals surface area contributed by atoms with Crippen LogP contribution in [0, 0.1) is 18.2 Å². The zero-order chi connectivity index (χ0) is 11.7. The topological polar surface area (TPSA) is 13.1 Å². The van der Waals surface area contributed by atoms with Crippen molar-refractivity contribution in [3.05, 3.63) is 40.4 Å². The normalized spacial score (nSPS) is 11.8. The third-order valence-corrected chi connectivity index (χ3v) is 2.28. The Bertz CT molecular complexity index is 613. The zero-order valence-electron chi connectivity index (χ0n) is 8.55. The molecule has 0 saturated carbocycles. The summed E-state index contributed by atoms with van der Waals surface area (Å²) >= 11 is 5.75. The predicted octanol–water partition coefficient (Wildman–Crippen LogP) is 4.15. The van der Waals surface area contributed by atoms with Gasteiger partial charge in [0, 0.05) is 5.03 Å². The van der Waals surface area contributed by atoms with E-state index >= 15 is 0 Å². The first-order valence-electron chi connectivity index (χ1n) is 4.65. The highest BCUT2D eigenvalue weighted by atomic mass is 35.5. The van der Waals surface area contributed by atoms with E-state index in [0.29, 0.717) is 27.3 Å². The van der Waals surface area contributed by atoms with E-state index in [4.69, 9.17) is 22.4 Å². The summed E-state index contributed by atoms with van der Waals surface area (Å²) < 4.78 is 19.0. The molecule has 1 nitrogen and oxygen atoms in total. The largest absolute Gasteiger partial charge is 0.455 e. The van der Waals surface area contributed by atoms with Gasteiger partial charge >= 0.3 is 0 Å². The summed E-state index contributed by atoms with van der Waals surface area (Å²) in [6.45, 7) is 1.70. The number of benzene rings is 1. The third-order valence-electron chi connectivity index (χ3n) is 2.17. The predicted molar refractivity (Wildman–Crippen MR) is 63.6 cm³/mol. The van der Waals surface area contributed by atoms with Crippen molar-refractivity contribution in [2.45, 2.75) is 6.92 Å². The molecule has 1 aromatic carbocycles. The molecule has 0 unspecified atom stereocenters. The molecule has 0 saturated heterocycles. The second kappa shape index (κ2) is 4.03. The highest BCUT2D eigenvalue weighted by Crippen LogP contribution is 2.29. The van der Waals surface area contributed by atoms with Crippen molar-refractivity contribution >= 4 is 28.6 Å². The van der Waals surface area contributed by atoms with E-state index in [0.717, 1.165) is 0 Å². The lowest BCUT2D eigenvalue weighted by molar-refractivity contribution is 0.599. The maximum Gasteiger partial charge on any atom is 0.145 e. The van der Waals surface area contributed by atoms with Crippen molar-refractivity contribution < 1.29 is 8.81 Å². The molecule has 0 aliphatic rings. The van der Waals surface area contributed by atoms with Crippen LogP contribution in [0.4, 0.5) is 4.39 Å². The van der Waals surface area contributed by atoms with E-state index in [1.165, 1.54) is 6.07 Å². The number of hydrogen-bond acceptors (Lipinski definition) is 1. The van der Waals surface area contributed by atoms with Crippen molar-refractivity contribution in [2.24, 2.45) is 0 Å². The van der Waals surface area contributed by atoms with Crippen molar-refractivity contribution in [1.29, 1.82) is 0 Å². The quantitative estimate of drug-likeness (QED) is 0.676. The highest BCUT2D eigenvalue weighted by Gasteiger charge is 2.14. The van der Waals surface area contributed by atoms with Crippen LogP contribution in [0.3, 0.4) is 0 Å². The number of rotatable bonds is 1. The van der Waals surface area contributed by atoms with Gasteiger partial charge in [0.15, 0.2) is 0 Å².